The van der Waals surface area contributed by atoms with Gasteiger partial charge in [-0.2, -0.15) is 0 Å². The molecule has 7 nitrogen and oxygen atoms in total. The fourth-order valence-electron chi connectivity index (χ4n) is 3.43. The maximum absolute atomic E-state index is 13.0. The van der Waals surface area contributed by atoms with Crippen molar-refractivity contribution in [1.82, 2.24) is 9.88 Å². The number of aliphatic hydroxyl groups is 1. The number of aromatic nitrogens is 1. The van der Waals surface area contributed by atoms with E-state index in [-0.39, 0.29) is 22.7 Å². The Bertz CT molecular complexity index is 1130. The summed E-state index contributed by atoms with van der Waals surface area (Å²) in [5, 5.41) is 11.3. The molecule has 8 heteroatoms. The van der Waals surface area contributed by atoms with Crippen LogP contribution in [0.3, 0.4) is 0 Å². The average Bonchev–Trinajstić information content (AvgIpc) is 3.37. The number of amides is 1. The normalized spacial score (nSPS) is 18.1. The Kier molecular flexibility index (Phi) is 5.29. The van der Waals surface area contributed by atoms with Crippen LogP contribution in [0.15, 0.2) is 71.1 Å². The van der Waals surface area contributed by atoms with Crippen molar-refractivity contribution in [2.75, 3.05) is 7.11 Å². The molecule has 4 rings (SSSR count). The first-order chi connectivity index (χ1) is 14.5. The standard InChI is InChI=1S/C22H17ClN2O5/c1-29-14-6-7-16(23)15(10-14)20(26)18-19(17-5-3-9-30-17)25(22(28)21(18)27)12-13-4-2-8-24-11-13/h2-11,19,26H,12H2,1H3/b20-18-. The van der Waals surface area contributed by atoms with E-state index in [1.165, 1.54) is 24.3 Å². The minimum absolute atomic E-state index is 0.103. The number of carbonyl (C=O) groups is 2. The molecule has 1 aliphatic rings. The zero-order chi connectivity index (χ0) is 21.3. The number of halogens is 1. The molecular formula is C22H17ClN2O5. The summed E-state index contributed by atoms with van der Waals surface area (Å²) in [5.74, 6) is -1.18. The zero-order valence-electron chi connectivity index (χ0n) is 15.9. The number of likely N-dealkylation sites (tertiary alicyclic amines) is 1. The Morgan fingerprint density at radius 2 is 2.10 bits per heavy atom. The minimum atomic E-state index is -0.914. The summed E-state index contributed by atoms with van der Waals surface area (Å²) in [5.41, 5.74) is 0.816. The van der Waals surface area contributed by atoms with Crippen molar-refractivity contribution >= 4 is 29.1 Å². The van der Waals surface area contributed by atoms with Crippen LogP contribution in [0.2, 0.25) is 5.02 Å². The van der Waals surface area contributed by atoms with Crippen molar-refractivity contribution in [3.8, 4) is 5.75 Å². The highest BCUT2D eigenvalue weighted by molar-refractivity contribution is 6.46. The lowest BCUT2D eigenvalue weighted by atomic mass is 9.99. The smallest absolute Gasteiger partial charge is 0.296 e. The fraction of sp³-hybridized carbons (Fsp3) is 0.136. The van der Waals surface area contributed by atoms with Crippen molar-refractivity contribution in [1.29, 1.82) is 0 Å². The quantitative estimate of drug-likeness (QED) is 0.378. The third kappa shape index (κ3) is 3.44. The molecule has 1 amide bonds. The molecule has 0 aliphatic carbocycles. The summed E-state index contributed by atoms with van der Waals surface area (Å²) >= 11 is 6.26. The topological polar surface area (TPSA) is 92.9 Å². The number of carbonyl (C=O) groups excluding carboxylic acids is 2. The van der Waals surface area contributed by atoms with E-state index >= 15 is 0 Å². The van der Waals surface area contributed by atoms with Crippen molar-refractivity contribution in [3.63, 3.8) is 0 Å². The van der Waals surface area contributed by atoms with E-state index in [1.807, 2.05) is 0 Å². The monoisotopic (exact) mass is 424 g/mol. The number of ether oxygens (including phenoxy) is 1. The summed E-state index contributed by atoms with van der Waals surface area (Å²) in [6.45, 7) is 0.117. The van der Waals surface area contributed by atoms with E-state index in [1.54, 1.807) is 48.8 Å². The van der Waals surface area contributed by atoms with E-state index in [0.29, 0.717) is 11.5 Å². The van der Waals surface area contributed by atoms with Gasteiger partial charge >= 0.3 is 0 Å². The third-order valence-corrected chi connectivity index (χ3v) is 5.19. The van der Waals surface area contributed by atoms with Crippen molar-refractivity contribution in [3.05, 3.63) is 88.6 Å². The molecule has 1 saturated heterocycles. The highest BCUT2D eigenvalue weighted by Crippen LogP contribution is 2.41. The van der Waals surface area contributed by atoms with Gasteiger partial charge in [0.05, 0.1) is 24.0 Å². The molecule has 3 heterocycles. The highest BCUT2D eigenvalue weighted by Gasteiger charge is 2.47. The number of ketones is 1. The molecule has 3 aromatic rings. The number of furan rings is 1. The summed E-state index contributed by atoms with van der Waals surface area (Å²) < 4.78 is 10.7. The number of hydrogen-bond acceptors (Lipinski definition) is 6. The Morgan fingerprint density at radius 1 is 1.27 bits per heavy atom. The van der Waals surface area contributed by atoms with Crippen LogP contribution in [-0.2, 0) is 16.1 Å². The van der Waals surface area contributed by atoms with Gasteiger partial charge in [-0.15, -0.1) is 0 Å². The minimum Gasteiger partial charge on any atom is -0.507 e. The molecule has 2 aromatic heterocycles. The van der Waals surface area contributed by atoms with Crippen molar-refractivity contribution in [2.24, 2.45) is 0 Å². The number of nitrogens with zero attached hydrogens (tertiary/aromatic N) is 2. The molecule has 1 aromatic carbocycles. The van der Waals surface area contributed by atoms with Gasteiger partial charge in [0.1, 0.15) is 23.3 Å². The number of pyridine rings is 1. The van der Waals surface area contributed by atoms with Crippen LogP contribution >= 0.6 is 11.6 Å². The van der Waals surface area contributed by atoms with Crippen LogP contribution < -0.4 is 4.74 Å². The molecule has 0 spiro atoms. The van der Waals surface area contributed by atoms with E-state index in [4.69, 9.17) is 20.8 Å². The molecule has 0 saturated carbocycles. The molecule has 1 unspecified atom stereocenters. The fourth-order valence-corrected chi connectivity index (χ4v) is 3.64. The maximum Gasteiger partial charge on any atom is 0.296 e. The third-order valence-electron chi connectivity index (χ3n) is 4.86. The predicted molar refractivity (Wildman–Crippen MR) is 109 cm³/mol. The largest absolute Gasteiger partial charge is 0.507 e. The number of Topliss-reactive ketones (excluding diaryl/α,β-unsaturated/α-hetero) is 1. The first-order valence-corrected chi connectivity index (χ1v) is 9.43. The lowest BCUT2D eigenvalue weighted by Gasteiger charge is -2.23. The molecule has 1 aliphatic heterocycles. The SMILES string of the molecule is COc1ccc(Cl)c(/C(O)=C2/C(=O)C(=O)N(Cc3cccnc3)C2c2ccco2)c1. The van der Waals surface area contributed by atoms with Crippen LogP contribution in [0.5, 0.6) is 5.75 Å². The van der Waals surface area contributed by atoms with Crippen molar-refractivity contribution < 1.29 is 23.8 Å². The van der Waals surface area contributed by atoms with E-state index < -0.39 is 23.5 Å². The maximum atomic E-state index is 13.0. The molecule has 30 heavy (non-hydrogen) atoms. The predicted octanol–water partition coefficient (Wildman–Crippen LogP) is 3.96. The average molecular weight is 425 g/mol. The second kappa shape index (κ2) is 8.04. The molecule has 1 fully saturated rings. The van der Waals surface area contributed by atoms with Crippen LogP contribution in [0, 0.1) is 0 Å². The Morgan fingerprint density at radius 3 is 2.77 bits per heavy atom. The first kappa shape index (κ1) is 19.7. The number of methoxy groups -OCH3 is 1. The second-order valence-electron chi connectivity index (χ2n) is 6.65. The summed E-state index contributed by atoms with van der Waals surface area (Å²) in [4.78, 5) is 31.2. The number of benzene rings is 1. The van der Waals surface area contributed by atoms with E-state index in [0.717, 1.165) is 5.56 Å². The molecule has 1 atom stereocenters. The van der Waals surface area contributed by atoms with Gasteiger partial charge in [-0.1, -0.05) is 17.7 Å². The van der Waals surface area contributed by atoms with Gasteiger partial charge in [0, 0.05) is 24.5 Å². The summed E-state index contributed by atoms with van der Waals surface area (Å²) in [6.07, 6.45) is 4.67. The van der Waals surface area contributed by atoms with Crippen LogP contribution in [0.1, 0.15) is 22.9 Å². The molecular weight excluding hydrogens is 408 g/mol. The van der Waals surface area contributed by atoms with Gasteiger partial charge in [0.2, 0.25) is 0 Å². The van der Waals surface area contributed by atoms with Crippen LogP contribution in [-0.4, -0.2) is 33.8 Å². The Hall–Kier alpha value is -3.58. The van der Waals surface area contributed by atoms with Crippen molar-refractivity contribution in [2.45, 2.75) is 12.6 Å². The van der Waals surface area contributed by atoms with Gasteiger partial charge in [-0.05, 0) is 42.0 Å². The zero-order valence-corrected chi connectivity index (χ0v) is 16.7. The second-order valence-corrected chi connectivity index (χ2v) is 7.06. The molecule has 152 valence electrons. The first-order valence-electron chi connectivity index (χ1n) is 9.06. The van der Waals surface area contributed by atoms with Gasteiger partial charge in [-0.3, -0.25) is 14.6 Å². The lowest BCUT2D eigenvalue weighted by molar-refractivity contribution is -0.140. The Balaban J connectivity index is 1.86. The summed E-state index contributed by atoms with van der Waals surface area (Å²) in [7, 11) is 1.47. The molecule has 0 bridgehead atoms. The van der Waals surface area contributed by atoms with Gasteiger partial charge in [-0.25, -0.2) is 0 Å². The molecule has 0 radical (unpaired) electrons. The van der Waals surface area contributed by atoms with E-state index in [9.17, 15) is 14.7 Å². The van der Waals surface area contributed by atoms with Gasteiger partial charge < -0.3 is 19.2 Å². The van der Waals surface area contributed by atoms with Gasteiger partial charge in [0.25, 0.3) is 11.7 Å². The molecule has 1 N–H and O–H groups in total. The summed E-state index contributed by atoms with van der Waals surface area (Å²) in [6, 6.07) is 10.6. The number of aliphatic hydroxyl groups excluding tert-OH is 1. The lowest BCUT2D eigenvalue weighted by Crippen LogP contribution is -2.29. The Labute approximate surface area is 177 Å². The number of rotatable bonds is 5. The highest BCUT2D eigenvalue weighted by atomic mass is 35.5. The number of hydrogen-bond donors (Lipinski definition) is 1. The van der Waals surface area contributed by atoms with Crippen LogP contribution in [0.4, 0.5) is 0 Å². The van der Waals surface area contributed by atoms with E-state index in [2.05, 4.69) is 4.98 Å². The van der Waals surface area contributed by atoms with Gasteiger partial charge in [0.15, 0.2) is 0 Å². The van der Waals surface area contributed by atoms with Crippen LogP contribution in [0.25, 0.3) is 5.76 Å².